The van der Waals surface area contributed by atoms with E-state index in [1.54, 1.807) is 25.5 Å². The second kappa shape index (κ2) is 5.01. The molecule has 1 amide bonds. The summed E-state index contributed by atoms with van der Waals surface area (Å²) in [5, 5.41) is 1.19. The molecule has 2 aromatic rings. The van der Waals surface area contributed by atoms with Crippen molar-refractivity contribution in [2.24, 2.45) is 7.05 Å². The second-order valence-corrected chi connectivity index (χ2v) is 3.99. The summed E-state index contributed by atoms with van der Waals surface area (Å²) in [7, 11) is 4.94. The van der Waals surface area contributed by atoms with Gasteiger partial charge < -0.3 is 4.57 Å². The maximum absolute atomic E-state index is 11.9. The molecular formula is C13H15N3O2. The number of hydroxylamine groups is 2. The third kappa shape index (κ3) is 2.41. The number of rotatable bonds is 3. The summed E-state index contributed by atoms with van der Waals surface area (Å²) in [4.78, 5) is 21.1. The number of aryl methyl sites for hydroxylation is 1. The van der Waals surface area contributed by atoms with Gasteiger partial charge in [0.05, 0.1) is 19.1 Å². The summed E-state index contributed by atoms with van der Waals surface area (Å²) < 4.78 is 1.87. The molecule has 0 spiro atoms. The van der Waals surface area contributed by atoms with E-state index in [1.807, 2.05) is 29.9 Å². The highest BCUT2D eigenvalue weighted by Gasteiger charge is 2.12. The molecule has 0 saturated carbocycles. The molecule has 5 heteroatoms. The molecule has 0 fully saturated rings. The summed E-state index contributed by atoms with van der Waals surface area (Å²) in [5.41, 5.74) is 2.32. The SMILES string of the molecule is CON(C)C(=O)c1cccc(-c2cn(C)cn2)c1. The Hall–Kier alpha value is -2.14. The Morgan fingerprint density at radius 1 is 1.44 bits per heavy atom. The number of hydrogen-bond acceptors (Lipinski definition) is 3. The van der Waals surface area contributed by atoms with Crippen molar-refractivity contribution in [2.75, 3.05) is 14.2 Å². The smallest absolute Gasteiger partial charge is 0.277 e. The minimum Gasteiger partial charge on any atom is -0.340 e. The van der Waals surface area contributed by atoms with Crippen LogP contribution in [0.2, 0.25) is 0 Å². The minimum absolute atomic E-state index is 0.185. The Morgan fingerprint density at radius 2 is 2.22 bits per heavy atom. The minimum atomic E-state index is -0.185. The molecule has 1 aromatic carbocycles. The largest absolute Gasteiger partial charge is 0.340 e. The van der Waals surface area contributed by atoms with Crippen molar-refractivity contribution in [3.63, 3.8) is 0 Å². The van der Waals surface area contributed by atoms with Gasteiger partial charge in [-0.25, -0.2) is 10.0 Å². The van der Waals surface area contributed by atoms with E-state index in [4.69, 9.17) is 4.84 Å². The van der Waals surface area contributed by atoms with Crippen LogP contribution in [-0.2, 0) is 11.9 Å². The van der Waals surface area contributed by atoms with Gasteiger partial charge in [0.25, 0.3) is 5.91 Å². The Morgan fingerprint density at radius 3 is 2.83 bits per heavy atom. The average molecular weight is 245 g/mol. The van der Waals surface area contributed by atoms with Crippen LogP contribution in [0.25, 0.3) is 11.3 Å². The van der Waals surface area contributed by atoms with Gasteiger partial charge in [-0.2, -0.15) is 0 Å². The molecule has 2 rings (SSSR count). The third-order valence-electron chi connectivity index (χ3n) is 2.67. The van der Waals surface area contributed by atoms with E-state index in [0.29, 0.717) is 5.56 Å². The van der Waals surface area contributed by atoms with E-state index in [1.165, 1.54) is 12.2 Å². The summed E-state index contributed by atoms with van der Waals surface area (Å²) >= 11 is 0. The van der Waals surface area contributed by atoms with E-state index in [2.05, 4.69) is 4.98 Å². The number of hydrogen-bond donors (Lipinski definition) is 0. The van der Waals surface area contributed by atoms with E-state index >= 15 is 0 Å². The van der Waals surface area contributed by atoms with Crippen LogP contribution in [0.15, 0.2) is 36.8 Å². The van der Waals surface area contributed by atoms with Crippen LogP contribution >= 0.6 is 0 Å². The Balaban J connectivity index is 2.33. The quantitative estimate of drug-likeness (QED) is 0.773. The van der Waals surface area contributed by atoms with Crippen molar-refractivity contribution < 1.29 is 9.63 Å². The van der Waals surface area contributed by atoms with E-state index in [-0.39, 0.29) is 5.91 Å². The second-order valence-electron chi connectivity index (χ2n) is 3.99. The predicted octanol–water partition coefficient (Wildman–Crippen LogP) is 1.72. The number of benzene rings is 1. The van der Waals surface area contributed by atoms with Crippen LogP contribution in [0.4, 0.5) is 0 Å². The van der Waals surface area contributed by atoms with Gasteiger partial charge in [0, 0.05) is 31.4 Å². The Bertz CT molecular complexity index is 563. The van der Waals surface area contributed by atoms with Crippen molar-refractivity contribution in [3.8, 4) is 11.3 Å². The van der Waals surface area contributed by atoms with Crippen LogP contribution in [0.1, 0.15) is 10.4 Å². The lowest BCUT2D eigenvalue weighted by atomic mass is 10.1. The van der Waals surface area contributed by atoms with E-state index < -0.39 is 0 Å². The van der Waals surface area contributed by atoms with Gasteiger partial charge in [0.1, 0.15) is 0 Å². The van der Waals surface area contributed by atoms with Crippen molar-refractivity contribution in [2.45, 2.75) is 0 Å². The molecule has 0 aliphatic carbocycles. The van der Waals surface area contributed by atoms with Crippen molar-refractivity contribution in [1.82, 2.24) is 14.6 Å². The molecule has 0 unspecified atom stereocenters. The number of aromatic nitrogens is 2. The van der Waals surface area contributed by atoms with Gasteiger partial charge in [0.15, 0.2) is 0 Å². The van der Waals surface area contributed by atoms with Gasteiger partial charge in [-0.05, 0) is 12.1 Å². The molecule has 0 aliphatic rings. The zero-order valence-corrected chi connectivity index (χ0v) is 10.6. The third-order valence-corrected chi connectivity index (χ3v) is 2.67. The maximum atomic E-state index is 11.9. The topological polar surface area (TPSA) is 47.4 Å². The zero-order chi connectivity index (χ0) is 13.1. The van der Waals surface area contributed by atoms with Crippen LogP contribution in [0, 0.1) is 0 Å². The molecule has 1 heterocycles. The highest BCUT2D eigenvalue weighted by molar-refractivity contribution is 5.94. The number of carbonyl (C=O) groups excluding carboxylic acids is 1. The van der Waals surface area contributed by atoms with E-state index in [9.17, 15) is 4.79 Å². The van der Waals surface area contributed by atoms with Crippen molar-refractivity contribution in [3.05, 3.63) is 42.4 Å². The predicted molar refractivity (Wildman–Crippen MR) is 67.7 cm³/mol. The highest BCUT2D eigenvalue weighted by Crippen LogP contribution is 2.18. The lowest BCUT2D eigenvalue weighted by Gasteiger charge is -2.13. The molecule has 0 aliphatic heterocycles. The summed E-state index contributed by atoms with van der Waals surface area (Å²) in [6, 6.07) is 7.32. The first-order valence-electron chi connectivity index (χ1n) is 5.52. The summed E-state index contributed by atoms with van der Waals surface area (Å²) in [6.45, 7) is 0. The number of imidazole rings is 1. The molecule has 1 aromatic heterocycles. The molecule has 5 nitrogen and oxygen atoms in total. The zero-order valence-electron chi connectivity index (χ0n) is 10.6. The summed E-state index contributed by atoms with van der Waals surface area (Å²) in [6.07, 6.45) is 3.63. The Kier molecular flexibility index (Phi) is 3.43. The van der Waals surface area contributed by atoms with Crippen LogP contribution in [0.3, 0.4) is 0 Å². The number of carbonyl (C=O) groups is 1. The monoisotopic (exact) mass is 245 g/mol. The average Bonchev–Trinajstić information content (AvgIpc) is 2.84. The van der Waals surface area contributed by atoms with Gasteiger partial charge in [-0.1, -0.05) is 12.1 Å². The van der Waals surface area contributed by atoms with Crippen molar-refractivity contribution >= 4 is 5.91 Å². The fraction of sp³-hybridized carbons (Fsp3) is 0.231. The molecule has 94 valence electrons. The van der Waals surface area contributed by atoms with Crippen LogP contribution in [0.5, 0.6) is 0 Å². The van der Waals surface area contributed by atoms with Crippen molar-refractivity contribution in [1.29, 1.82) is 0 Å². The number of nitrogens with zero attached hydrogens (tertiary/aromatic N) is 3. The molecular weight excluding hydrogens is 230 g/mol. The maximum Gasteiger partial charge on any atom is 0.277 e. The summed E-state index contributed by atoms with van der Waals surface area (Å²) in [5.74, 6) is -0.185. The molecule has 0 bridgehead atoms. The normalized spacial score (nSPS) is 10.4. The van der Waals surface area contributed by atoms with E-state index in [0.717, 1.165) is 11.3 Å². The van der Waals surface area contributed by atoms with Gasteiger partial charge in [-0.3, -0.25) is 9.63 Å². The fourth-order valence-electron chi connectivity index (χ4n) is 1.64. The molecule has 0 saturated heterocycles. The molecule has 18 heavy (non-hydrogen) atoms. The molecule has 0 N–H and O–H groups in total. The van der Waals surface area contributed by atoms with Gasteiger partial charge in [0.2, 0.25) is 0 Å². The fourth-order valence-corrected chi connectivity index (χ4v) is 1.64. The molecule has 0 atom stereocenters. The van der Waals surface area contributed by atoms with Crippen LogP contribution < -0.4 is 0 Å². The lowest BCUT2D eigenvalue weighted by Crippen LogP contribution is -2.25. The standard InChI is InChI=1S/C13H15N3O2/c1-15-8-12(14-9-15)10-5-4-6-11(7-10)13(17)16(2)18-3/h4-9H,1-3H3. The Labute approximate surface area is 106 Å². The van der Waals surface area contributed by atoms with Crippen LogP contribution in [-0.4, -0.2) is 34.7 Å². The first-order valence-corrected chi connectivity index (χ1v) is 5.52. The van der Waals surface area contributed by atoms with Gasteiger partial charge >= 0.3 is 0 Å². The number of amides is 1. The molecule has 0 radical (unpaired) electrons. The first-order chi connectivity index (χ1) is 8.61. The first kappa shape index (κ1) is 12.3. The van der Waals surface area contributed by atoms with Gasteiger partial charge in [-0.15, -0.1) is 0 Å². The highest BCUT2D eigenvalue weighted by atomic mass is 16.7. The lowest BCUT2D eigenvalue weighted by molar-refractivity contribution is -0.0756.